The van der Waals surface area contributed by atoms with E-state index in [1.165, 1.54) is 6.92 Å². The molecule has 1 rings (SSSR count). The number of amides is 2. The number of aliphatic hydroxyl groups is 1. The molecular weight excluding hydrogens is 340 g/mol. The molecule has 1 aromatic rings. The van der Waals surface area contributed by atoms with Gasteiger partial charge in [-0.25, -0.2) is 9.59 Å². The number of ether oxygens (including phenoxy) is 2. The lowest BCUT2D eigenvalue weighted by Crippen LogP contribution is -2.53. The van der Waals surface area contributed by atoms with Gasteiger partial charge in [0.25, 0.3) is 0 Å². The number of carbonyl (C=O) groups excluding carboxylic acids is 3. The van der Waals surface area contributed by atoms with E-state index in [1.807, 2.05) is 30.3 Å². The van der Waals surface area contributed by atoms with Gasteiger partial charge in [0, 0.05) is 0 Å². The molecule has 1 aromatic carbocycles. The van der Waals surface area contributed by atoms with E-state index in [2.05, 4.69) is 10.6 Å². The maximum atomic E-state index is 12.1. The first-order valence-electron chi connectivity index (χ1n) is 8.23. The first kappa shape index (κ1) is 21.4. The molecule has 0 spiro atoms. The number of alkyl carbamates (subject to hydrolysis) is 1. The predicted octanol–water partition coefficient (Wildman–Crippen LogP) is 1.12. The van der Waals surface area contributed by atoms with Gasteiger partial charge in [-0.05, 0) is 33.3 Å². The van der Waals surface area contributed by atoms with Crippen molar-refractivity contribution >= 4 is 18.0 Å². The monoisotopic (exact) mass is 366 g/mol. The molecule has 2 amide bonds. The van der Waals surface area contributed by atoms with Gasteiger partial charge in [-0.2, -0.15) is 0 Å². The molecule has 0 heterocycles. The van der Waals surface area contributed by atoms with Crippen molar-refractivity contribution in [2.45, 2.75) is 52.0 Å². The minimum atomic E-state index is -1.24. The topological polar surface area (TPSA) is 114 Å². The number of esters is 1. The second-order valence-electron chi connectivity index (χ2n) is 6.70. The number of benzene rings is 1. The maximum Gasteiger partial charge on any atom is 0.408 e. The average molecular weight is 366 g/mol. The van der Waals surface area contributed by atoms with Gasteiger partial charge >= 0.3 is 12.1 Å². The summed E-state index contributed by atoms with van der Waals surface area (Å²) in [7, 11) is 0. The molecule has 3 N–H and O–H groups in total. The van der Waals surface area contributed by atoms with Crippen LogP contribution in [-0.4, -0.2) is 47.4 Å². The fraction of sp³-hybridized carbons (Fsp3) is 0.500. The lowest BCUT2D eigenvalue weighted by Gasteiger charge is -2.23. The summed E-state index contributed by atoms with van der Waals surface area (Å²) in [6, 6.07) is 6.92. The van der Waals surface area contributed by atoms with E-state index in [-0.39, 0.29) is 6.61 Å². The maximum absolute atomic E-state index is 12.1. The van der Waals surface area contributed by atoms with Crippen molar-refractivity contribution in [2.75, 3.05) is 6.61 Å². The first-order valence-corrected chi connectivity index (χ1v) is 8.23. The van der Waals surface area contributed by atoms with Crippen LogP contribution in [0.15, 0.2) is 30.3 Å². The highest BCUT2D eigenvalue weighted by Gasteiger charge is 2.26. The number of aliphatic hydroxyl groups excluding tert-OH is 1. The normalized spacial score (nSPS) is 13.3. The molecule has 0 bridgehead atoms. The average Bonchev–Trinajstić information content (AvgIpc) is 2.56. The quantitative estimate of drug-likeness (QED) is 0.623. The third-order valence-corrected chi connectivity index (χ3v) is 3.13. The van der Waals surface area contributed by atoms with Crippen LogP contribution in [0.3, 0.4) is 0 Å². The van der Waals surface area contributed by atoms with Crippen LogP contribution in [0, 0.1) is 0 Å². The van der Waals surface area contributed by atoms with E-state index < -0.39 is 42.3 Å². The zero-order valence-corrected chi connectivity index (χ0v) is 15.4. The molecule has 0 aliphatic heterocycles. The molecule has 8 nitrogen and oxygen atoms in total. The summed E-state index contributed by atoms with van der Waals surface area (Å²) in [4.78, 5) is 35.8. The zero-order chi connectivity index (χ0) is 19.7. The summed E-state index contributed by atoms with van der Waals surface area (Å²) in [5.74, 6) is -1.35. The molecule has 0 saturated carbocycles. The largest absolute Gasteiger partial charge is 0.459 e. The molecule has 8 heteroatoms. The summed E-state index contributed by atoms with van der Waals surface area (Å²) in [5, 5.41) is 13.9. The van der Waals surface area contributed by atoms with Crippen LogP contribution in [0.25, 0.3) is 0 Å². The molecule has 2 atom stereocenters. The van der Waals surface area contributed by atoms with Gasteiger partial charge in [0.05, 0.1) is 6.61 Å². The number of hydrogen-bond acceptors (Lipinski definition) is 6. The highest BCUT2D eigenvalue weighted by atomic mass is 16.6. The van der Waals surface area contributed by atoms with Crippen molar-refractivity contribution in [1.29, 1.82) is 0 Å². The number of nitrogens with one attached hydrogen (secondary N) is 2. The Kier molecular flexibility index (Phi) is 8.05. The van der Waals surface area contributed by atoms with Crippen molar-refractivity contribution in [3.05, 3.63) is 35.9 Å². The van der Waals surface area contributed by atoms with Crippen LogP contribution < -0.4 is 10.6 Å². The van der Waals surface area contributed by atoms with Crippen LogP contribution in [0.5, 0.6) is 0 Å². The molecule has 0 aliphatic rings. The van der Waals surface area contributed by atoms with E-state index in [0.29, 0.717) is 0 Å². The van der Waals surface area contributed by atoms with Gasteiger partial charge < -0.3 is 25.2 Å². The first-order chi connectivity index (χ1) is 12.1. The second kappa shape index (κ2) is 9.76. The summed E-state index contributed by atoms with van der Waals surface area (Å²) in [6.45, 7) is 5.91. The smallest absolute Gasteiger partial charge is 0.408 e. The summed E-state index contributed by atoms with van der Waals surface area (Å²) < 4.78 is 10.2. The molecule has 0 saturated heterocycles. The van der Waals surface area contributed by atoms with Crippen molar-refractivity contribution < 1.29 is 29.0 Å². The third kappa shape index (κ3) is 7.98. The summed E-state index contributed by atoms with van der Waals surface area (Å²) >= 11 is 0. The molecule has 0 aliphatic carbocycles. The number of carbonyl (C=O) groups is 3. The van der Waals surface area contributed by atoms with E-state index in [4.69, 9.17) is 9.47 Å². The van der Waals surface area contributed by atoms with Gasteiger partial charge in [-0.1, -0.05) is 30.3 Å². The van der Waals surface area contributed by atoms with E-state index in [1.54, 1.807) is 20.8 Å². The lowest BCUT2D eigenvalue weighted by molar-refractivity contribution is -0.148. The van der Waals surface area contributed by atoms with E-state index in [0.717, 1.165) is 5.56 Å². The van der Waals surface area contributed by atoms with Crippen molar-refractivity contribution in [1.82, 2.24) is 10.6 Å². The van der Waals surface area contributed by atoms with Crippen LogP contribution in [0.1, 0.15) is 33.3 Å². The standard InChI is InChI=1S/C18H26N2O6/c1-12(16(23)25-11-13-8-6-5-7-9-13)19-15(22)14(10-21)20-17(24)26-18(2,3)4/h5-9,12,14,21H,10-11H2,1-4H3,(H,19,22)(H,20,24). The van der Waals surface area contributed by atoms with Crippen LogP contribution in [0.4, 0.5) is 4.79 Å². The fourth-order valence-electron chi connectivity index (χ4n) is 1.87. The lowest BCUT2D eigenvalue weighted by atomic mass is 10.2. The van der Waals surface area contributed by atoms with Crippen molar-refractivity contribution in [2.24, 2.45) is 0 Å². The van der Waals surface area contributed by atoms with Gasteiger partial charge in [0.15, 0.2) is 0 Å². The Morgan fingerprint density at radius 1 is 1.12 bits per heavy atom. The molecule has 26 heavy (non-hydrogen) atoms. The SMILES string of the molecule is CC(NC(=O)C(CO)NC(=O)OC(C)(C)C)C(=O)OCc1ccccc1. The molecule has 144 valence electrons. The van der Waals surface area contributed by atoms with Crippen LogP contribution >= 0.6 is 0 Å². The van der Waals surface area contributed by atoms with Crippen LogP contribution in [-0.2, 0) is 25.7 Å². The molecule has 0 fully saturated rings. The van der Waals surface area contributed by atoms with Crippen molar-refractivity contribution in [3.8, 4) is 0 Å². The Labute approximate surface area is 152 Å². The Balaban J connectivity index is 2.49. The number of rotatable bonds is 7. The van der Waals surface area contributed by atoms with Gasteiger partial charge in [-0.15, -0.1) is 0 Å². The fourth-order valence-corrected chi connectivity index (χ4v) is 1.87. The number of hydrogen-bond donors (Lipinski definition) is 3. The van der Waals surface area contributed by atoms with E-state index >= 15 is 0 Å². The Morgan fingerprint density at radius 3 is 2.27 bits per heavy atom. The molecule has 0 radical (unpaired) electrons. The van der Waals surface area contributed by atoms with Gasteiger partial charge in [0.2, 0.25) is 5.91 Å². The van der Waals surface area contributed by atoms with E-state index in [9.17, 15) is 19.5 Å². The predicted molar refractivity (Wildman–Crippen MR) is 94.1 cm³/mol. The highest BCUT2D eigenvalue weighted by Crippen LogP contribution is 2.07. The Morgan fingerprint density at radius 2 is 1.73 bits per heavy atom. The minimum Gasteiger partial charge on any atom is -0.459 e. The molecule has 2 unspecified atom stereocenters. The summed E-state index contributed by atoms with van der Waals surface area (Å²) in [5.41, 5.74) is 0.0777. The molecule has 0 aromatic heterocycles. The van der Waals surface area contributed by atoms with Crippen LogP contribution in [0.2, 0.25) is 0 Å². The Hall–Kier alpha value is -2.61. The Bertz CT molecular complexity index is 612. The van der Waals surface area contributed by atoms with Gasteiger partial charge in [0.1, 0.15) is 24.3 Å². The van der Waals surface area contributed by atoms with Crippen molar-refractivity contribution in [3.63, 3.8) is 0 Å². The summed E-state index contributed by atoms with van der Waals surface area (Å²) in [6.07, 6.45) is -0.842. The zero-order valence-electron chi connectivity index (χ0n) is 15.4. The van der Waals surface area contributed by atoms with Gasteiger partial charge in [-0.3, -0.25) is 4.79 Å². The molecular formula is C18H26N2O6. The minimum absolute atomic E-state index is 0.0828. The highest BCUT2D eigenvalue weighted by molar-refractivity contribution is 5.89. The third-order valence-electron chi connectivity index (χ3n) is 3.13. The second-order valence-corrected chi connectivity index (χ2v) is 6.70.